The van der Waals surface area contributed by atoms with Crippen molar-refractivity contribution in [2.75, 3.05) is 37.7 Å². The summed E-state index contributed by atoms with van der Waals surface area (Å²) in [5.41, 5.74) is 5.74. The molecular weight excluding hydrogens is 336 g/mol. The third kappa shape index (κ3) is 4.12. The third-order valence-electron chi connectivity index (χ3n) is 5.05. The number of likely N-dealkylation sites (tertiary alicyclic amines) is 1. The lowest BCUT2D eigenvalue weighted by atomic mass is 9.96. The first-order valence-electron chi connectivity index (χ1n) is 9.06. The SMILES string of the molecule is NC(=O)C1CCN(C(=O)COC(=O)c2ccc[nH+]c2N2CCCC2)CC1. The lowest BCUT2D eigenvalue weighted by molar-refractivity contribution is -0.364. The van der Waals surface area contributed by atoms with E-state index in [0.717, 1.165) is 31.7 Å². The number of pyridine rings is 1. The van der Waals surface area contributed by atoms with E-state index in [1.807, 2.05) is 0 Å². The summed E-state index contributed by atoms with van der Waals surface area (Å²) in [6.07, 6.45) is 5.08. The fourth-order valence-electron chi connectivity index (χ4n) is 3.50. The number of hydrogen-bond donors (Lipinski definition) is 1. The highest BCUT2D eigenvalue weighted by Crippen LogP contribution is 2.20. The second-order valence-electron chi connectivity index (χ2n) is 6.76. The summed E-state index contributed by atoms with van der Waals surface area (Å²) in [5.74, 6) is -0.513. The van der Waals surface area contributed by atoms with Crippen LogP contribution < -0.4 is 15.6 Å². The van der Waals surface area contributed by atoms with Crippen molar-refractivity contribution in [3.8, 4) is 0 Å². The number of aromatic amines is 1. The number of rotatable bonds is 5. The first-order chi connectivity index (χ1) is 12.6. The molecule has 3 N–H and O–H groups in total. The van der Waals surface area contributed by atoms with Gasteiger partial charge in [-0.3, -0.25) is 14.5 Å². The molecule has 0 aliphatic carbocycles. The van der Waals surface area contributed by atoms with E-state index in [-0.39, 0.29) is 24.3 Å². The van der Waals surface area contributed by atoms with Crippen LogP contribution in [0.3, 0.4) is 0 Å². The van der Waals surface area contributed by atoms with Crippen LogP contribution in [0.1, 0.15) is 36.0 Å². The maximum Gasteiger partial charge on any atom is 0.347 e. The van der Waals surface area contributed by atoms with E-state index >= 15 is 0 Å². The minimum Gasteiger partial charge on any atom is -0.452 e. The molecule has 2 aliphatic rings. The third-order valence-corrected chi connectivity index (χ3v) is 5.05. The maximum atomic E-state index is 12.5. The Balaban J connectivity index is 1.54. The molecule has 0 radical (unpaired) electrons. The molecule has 8 nitrogen and oxygen atoms in total. The van der Waals surface area contributed by atoms with Gasteiger partial charge in [0.15, 0.2) is 6.61 Å². The Hall–Kier alpha value is -2.64. The van der Waals surface area contributed by atoms with Crippen LogP contribution in [0.2, 0.25) is 0 Å². The topological polar surface area (TPSA) is 107 Å². The number of anilines is 1. The molecule has 0 unspecified atom stereocenters. The van der Waals surface area contributed by atoms with Crippen molar-refractivity contribution in [1.82, 2.24) is 4.90 Å². The molecule has 0 spiro atoms. The van der Waals surface area contributed by atoms with Gasteiger partial charge < -0.3 is 15.4 Å². The normalized spacial score (nSPS) is 18.0. The first-order valence-corrected chi connectivity index (χ1v) is 9.06. The van der Waals surface area contributed by atoms with Gasteiger partial charge in [-0.05, 0) is 37.8 Å². The molecule has 3 heterocycles. The summed E-state index contributed by atoms with van der Waals surface area (Å²) in [7, 11) is 0. The van der Waals surface area contributed by atoms with Crippen molar-refractivity contribution < 1.29 is 24.1 Å². The van der Waals surface area contributed by atoms with Crippen LogP contribution in [0.15, 0.2) is 18.3 Å². The molecule has 3 rings (SSSR count). The molecule has 26 heavy (non-hydrogen) atoms. The summed E-state index contributed by atoms with van der Waals surface area (Å²) >= 11 is 0. The van der Waals surface area contributed by atoms with Gasteiger partial charge in [0.2, 0.25) is 5.91 Å². The number of carbonyl (C=O) groups excluding carboxylic acids is 3. The minimum atomic E-state index is -0.510. The molecule has 1 aromatic heterocycles. The molecular formula is C18H25N4O4+. The minimum absolute atomic E-state index is 0.176. The highest BCUT2D eigenvalue weighted by molar-refractivity contribution is 5.95. The van der Waals surface area contributed by atoms with Crippen molar-refractivity contribution in [1.29, 1.82) is 0 Å². The van der Waals surface area contributed by atoms with Crippen LogP contribution in [0, 0.1) is 5.92 Å². The average molecular weight is 361 g/mol. The summed E-state index contributed by atoms with van der Waals surface area (Å²) < 4.78 is 5.25. The van der Waals surface area contributed by atoms with Crippen molar-refractivity contribution in [3.05, 3.63) is 23.9 Å². The average Bonchev–Trinajstić information content (AvgIpc) is 3.20. The number of amides is 2. The van der Waals surface area contributed by atoms with Crippen LogP contribution in [0.4, 0.5) is 5.82 Å². The number of nitrogens with two attached hydrogens (primary N) is 1. The van der Waals surface area contributed by atoms with Crippen LogP contribution in [-0.2, 0) is 14.3 Å². The van der Waals surface area contributed by atoms with Crippen molar-refractivity contribution in [3.63, 3.8) is 0 Å². The molecule has 0 bridgehead atoms. The van der Waals surface area contributed by atoms with E-state index in [1.54, 1.807) is 23.2 Å². The van der Waals surface area contributed by atoms with Gasteiger partial charge in [0.1, 0.15) is 5.56 Å². The zero-order chi connectivity index (χ0) is 18.5. The Kier molecular flexibility index (Phi) is 5.70. The number of aromatic nitrogens is 1. The number of nitrogens with zero attached hydrogens (tertiary/aromatic N) is 2. The monoisotopic (exact) mass is 361 g/mol. The Morgan fingerprint density at radius 2 is 1.85 bits per heavy atom. The fraction of sp³-hybridized carbons (Fsp3) is 0.556. The zero-order valence-electron chi connectivity index (χ0n) is 14.8. The molecule has 2 aliphatic heterocycles. The van der Waals surface area contributed by atoms with Crippen LogP contribution in [0.5, 0.6) is 0 Å². The van der Waals surface area contributed by atoms with E-state index in [2.05, 4.69) is 9.88 Å². The van der Waals surface area contributed by atoms with Gasteiger partial charge in [-0.1, -0.05) is 0 Å². The summed E-state index contributed by atoms with van der Waals surface area (Å²) in [4.78, 5) is 42.7. The van der Waals surface area contributed by atoms with E-state index in [0.29, 0.717) is 31.5 Å². The number of ether oxygens (including phenoxy) is 1. The molecule has 2 saturated heterocycles. The van der Waals surface area contributed by atoms with Crippen LogP contribution >= 0.6 is 0 Å². The molecule has 8 heteroatoms. The summed E-state index contributed by atoms with van der Waals surface area (Å²) in [6.45, 7) is 2.42. The lowest BCUT2D eigenvalue weighted by Crippen LogP contribution is -2.43. The molecule has 1 aromatic rings. The Morgan fingerprint density at radius 1 is 1.15 bits per heavy atom. The Morgan fingerprint density at radius 3 is 2.50 bits per heavy atom. The number of hydrogen-bond acceptors (Lipinski definition) is 5. The number of piperidine rings is 1. The van der Waals surface area contributed by atoms with Crippen molar-refractivity contribution in [2.24, 2.45) is 11.7 Å². The van der Waals surface area contributed by atoms with E-state index in [1.165, 1.54) is 0 Å². The highest BCUT2D eigenvalue weighted by Gasteiger charge is 2.29. The molecule has 2 amide bonds. The van der Waals surface area contributed by atoms with E-state index in [9.17, 15) is 14.4 Å². The van der Waals surface area contributed by atoms with E-state index in [4.69, 9.17) is 10.5 Å². The van der Waals surface area contributed by atoms with E-state index < -0.39 is 5.97 Å². The molecule has 0 aromatic carbocycles. The number of esters is 1. The summed E-state index contributed by atoms with van der Waals surface area (Å²) in [5, 5.41) is 0. The molecule has 140 valence electrons. The number of nitrogens with one attached hydrogen (secondary N) is 1. The fourth-order valence-corrected chi connectivity index (χ4v) is 3.50. The number of H-pyrrole nitrogens is 1. The first kappa shape index (κ1) is 18.2. The van der Waals surface area contributed by atoms with Crippen LogP contribution in [0.25, 0.3) is 0 Å². The van der Waals surface area contributed by atoms with Gasteiger partial charge in [0.25, 0.3) is 11.7 Å². The van der Waals surface area contributed by atoms with Gasteiger partial charge in [0.05, 0.1) is 19.3 Å². The Labute approximate surface area is 152 Å². The van der Waals surface area contributed by atoms with Gasteiger partial charge in [-0.2, -0.15) is 0 Å². The lowest BCUT2D eigenvalue weighted by Gasteiger charge is -2.30. The summed E-state index contributed by atoms with van der Waals surface area (Å²) in [6, 6.07) is 3.45. The second kappa shape index (κ2) is 8.16. The quantitative estimate of drug-likeness (QED) is 0.742. The van der Waals surface area contributed by atoms with Gasteiger partial charge in [-0.25, -0.2) is 9.78 Å². The van der Waals surface area contributed by atoms with Crippen molar-refractivity contribution >= 4 is 23.6 Å². The molecule has 0 saturated carbocycles. The van der Waals surface area contributed by atoms with Crippen LogP contribution in [-0.4, -0.2) is 55.5 Å². The largest absolute Gasteiger partial charge is 0.452 e. The molecule has 2 fully saturated rings. The number of primary amides is 1. The maximum absolute atomic E-state index is 12.5. The standard InChI is InChI=1S/C18H24N4O4/c19-16(24)13-5-10-21(11-6-13)15(23)12-26-18(25)14-4-3-7-20-17(14)22-8-1-2-9-22/h3-4,7,13H,1-2,5-6,8-12H2,(H2,19,24)/p+1. The number of carbonyl (C=O) groups is 3. The van der Waals surface area contributed by atoms with Crippen molar-refractivity contribution in [2.45, 2.75) is 25.7 Å². The van der Waals surface area contributed by atoms with Gasteiger partial charge in [-0.15, -0.1) is 0 Å². The smallest absolute Gasteiger partial charge is 0.347 e. The predicted molar refractivity (Wildman–Crippen MR) is 93.2 cm³/mol. The zero-order valence-corrected chi connectivity index (χ0v) is 14.8. The second-order valence-corrected chi connectivity index (χ2v) is 6.76. The van der Waals surface area contributed by atoms with Gasteiger partial charge >= 0.3 is 5.97 Å². The Bertz CT molecular complexity index is 680. The highest BCUT2D eigenvalue weighted by atomic mass is 16.5. The molecule has 0 atom stereocenters. The predicted octanol–water partition coefficient (Wildman–Crippen LogP) is -0.0184. The van der Waals surface area contributed by atoms with Gasteiger partial charge in [0, 0.05) is 19.0 Å².